The van der Waals surface area contributed by atoms with Gasteiger partial charge in [-0.15, -0.1) is 0 Å². The van der Waals surface area contributed by atoms with Gasteiger partial charge in [-0.3, -0.25) is 4.90 Å². The van der Waals surface area contributed by atoms with Crippen LogP contribution < -0.4 is 5.73 Å². The third-order valence-corrected chi connectivity index (χ3v) is 6.28. The van der Waals surface area contributed by atoms with Crippen LogP contribution in [0.15, 0.2) is 0 Å². The van der Waals surface area contributed by atoms with Crippen molar-refractivity contribution in [3.05, 3.63) is 0 Å². The standard InChI is InChI=1S/C14H28N2S/c1-3-12-5-6-14(9-12,11-15)16-7-8-17-13(4-2)10-16/h12-13H,3-11,15H2,1-2H3. The summed E-state index contributed by atoms with van der Waals surface area (Å²) in [5, 5.41) is 0.841. The van der Waals surface area contributed by atoms with Crippen LogP contribution in [0, 0.1) is 5.92 Å². The zero-order valence-electron chi connectivity index (χ0n) is 11.5. The molecule has 0 spiro atoms. The Kier molecular flexibility index (Phi) is 4.79. The predicted molar refractivity (Wildman–Crippen MR) is 77.5 cm³/mol. The van der Waals surface area contributed by atoms with Gasteiger partial charge in [0.1, 0.15) is 0 Å². The molecule has 2 N–H and O–H groups in total. The van der Waals surface area contributed by atoms with Crippen LogP contribution in [-0.4, -0.2) is 41.1 Å². The summed E-state index contributed by atoms with van der Waals surface area (Å²) in [4.78, 5) is 2.74. The van der Waals surface area contributed by atoms with Crippen LogP contribution in [0.4, 0.5) is 0 Å². The Labute approximate surface area is 111 Å². The van der Waals surface area contributed by atoms with Gasteiger partial charge in [0.2, 0.25) is 0 Å². The molecule has 1 heterocycles. The molecule has 3 unspecified atom stereocenters. The molecule has 1 saturated carbocycles. The van der Waals surface area contributed by atoms with Gasteiger partial charge in [-0.25, -0.2) is 0 Å². The van der Waals surface area contributed by atoms with Crippen molar-refractivity contribution in [2.45, 2.75) is 56.7 Å². The molecule has 2 rings (SSSR count). The van der Waals surface area contributed by atoms with E-state index in [1.807, 2.05) is 0 Å². The van der Waals surface area contributed by atoms with Gasteiger partial charge in [0.05, 0.1) is 0 Å². The zero-order chi connectivity index (χ0) is 12.3. The van der Waals surface area contributed by atoms with Crippen LogP contribution in [0.2, 0.25) is 0 Å². The largest absolute Gasteiger partial charge is 0.329 e. The minimum absolute atomic E-state index is 0.356. The highest BCUT2D eigenvalue weighted by Crippen LogP contribution is 2.41. The summed E-state index contributed by atoms with van der Waals surface area (Å²) in [7, 11) is 0. The fraction of sp³-hybridized carbons (Fsp3) is 1.00. The van der Waals surface area contributed by atoms with Crippen LogP contribution in [-0.2, 0) is 0 Å². The van der Waals surface area contributed by atoms with Crippen LogP contribution in [0.1, 0.15) is 46.0 Å². The topological polar surface area (TPSA) is 29.3 Å². The Morgan fingerprint density at radius 1 is 1.35 bits per heavy atom. The summed E-state index contributed by atoms with van der Waals surface area (Å²) in [6.07, 6.45) is 6.72. The first kappa shape index (κ1) is 13.7. The molecule has 2 fully saturated rings. The van der Waals surface area contributed by atoms with E-state index in [0.29, 0.717) is 5.54 Å². The van der Waals surface area contributed by atoms with Gasteiger partial charge in [-0.1, -0.05) is 20.3 Å². The van der Waals surface area contributed by atoms with Crippen LogP contribution in [0.5, 0.6) is 0 Å². The molecule has 17 heavy (non-hydrogen) atoms. The quantitative estimate of drug-likeness (QED) is 0.838. The second-order valence-corrected chi connectivity index (χ2v) is 7.20. The van der Waals surface area contributed by atoms with Crippen molar-refractivity contribution < 1.29 is 0 Å². The monoisotopic (exact) mass is 256 g/mol. The van der Waals surface area contributed by atoms with Crippen molar-refractivity contribution in [2.75, 3.05) is 25.4 Å². The van der Waals surface area contributed by atoms with Gasteiger partial charge >= 0.3 is 0 Å². The molecule has 2 aliphatic rings. The summed E-state index contributed by atoms with van der Waals surface area (Å²) in [5.74, 6) is 2.23. The van der Waals surface area contributed by atoms with Crippen LogP contribution in [0.25, 0.3) is 0 Å². The number of hydrogen-bond donors (Lipinski definition) is 1. The Morgan fingerprint density at radius 3 is 2.76 bits per heavy atom. The number of thioether (sulfide) groups is 1. The predicted octanol–water partition coefficient (Wildman–Crippen LogP) is 2.72. The van der Waals surface area contributed by atoms with Crippen LogP contribution in [0.3, 0.4) is 0 Å². The molecular weight excluding hydrogens is 228 g/mol. The average molecular weight is 256 g/mol. The Morgan fingerprint density at radius 2 is 2.18 bits per heavy atom. The summed E-state index contributed by atoms with van der Waals surface area (Å²) < 4.78 is 0. The van der Waals surface area contributed by atoms with E-state index in [0.717, 1.165) is 17.7 Å². The minimum atomic E-state index is 0.356. The lowest BCUT2D eigenvalue weighted by atomic mass is 9.92. The molecule has 0 amide bonds. The van der Waals surface area contributed by atoms with E-state index >= 15 is 0 Å². The highest BCUT2D eigenvalue weighted by Gasteiger charge is 2.43. The third-order valence-electron chi connectivity index (χ3n) is 4.91. The maximum Gasteiger partial charge on any atom is 0.0335 e. The molecule has 100 valence electrons. The van der Waals surface area contributed by atoms with Crippen molar-refractivity contribution in [2.24, 2.45) is 11.7 Å². The van der Waals surface area contributed by atoms with Gasteiger partial charge in [0.15, 0.2) is 0 Å². The van der Waals surface area contributed by atoms with Crippen molar-refractivity contribution in [1.29, 1.82) is 0 Å². The summed E-state index contributed by atoms with van der Waals surface area (Å²) in [5.41, 5.74) is 6.51. The molecule has 0 aromatic rings. The highest BCUT2D eigenvalue weighted by molar-refractivity contribution is 8.00. The number of rotatable bonds is 4. The number of hydrogen-bond acceptors (Lipinski definition) is 3. The van der Waals surface area contributed by atoms with E-state index in [2.05, 4.69) is 30.5 Å². The van der Waals surface area contributed by atoms with Gasteiger partial charge in [0.25, 0.3) is 0 Å². The molecule has 0 radical (unpaired) electrons. The van der Waals surface area contributed by atoms with Gasteiger partial charge in [-0.2, -0.15) is 11.8 Å². The van der Waals surface area contributed by atoms with E-state index in [1.165, 1.54) is 50.9 Å². The van der Waals surface area contributed by atoms with Crippen molar-refractivity contribution in [3.8, 4) is 0 Å². The lowest BCUT2D eigenvalue weighted by Crippen LogP contribution is -2.56. The second-order valence-electron chi connectivity index (χ2n) is 5.79. The third kappa shape index (κ3) is 2.82. The molecule has 0 aromatic heterocycles. The van der Waals surface area contributed by atoms with Gasteiger partial charge in [0, 0.05) is 36.2 Å². The summed E-state index contributed by atoms with van der Waals surface area (Å²) >= 11 is 2.16. The van der Waals surface area contributed by atoms with Crippen molar-refractivity contribution in [1.82, 2.24) is 4.90 Å². The second kappa shape index (κ2) is 5.94. The summed E-state index contributed by atoms with van der Waals surface area (Å²) in [6.45, 7) is 8.05. The molecule has 1 saturated heterocycles. The number of nitrogens with two attached hydrogens (primary N) is 1. The molecule has 3 atom stereocenters. The van der Waals surface area contributed by atoms with Gasteiger partial charge < -0.3 is 5.73 Å². The maximum atomic E-state index is 6.15. The van der Waals surface area contributed by atoms with E-state index < -0.39 is 0 Å². The molecule has 0 aromatic carbocycles. The summed E-state index contributed by atoms with van der Waals surface area (Å²) in [6, 6.07) is 0. The lowest BCUT2D eigenvalue weighted by Gasteiger charge is -2.45. The molecule has 1 aliphatic heterocycles. The Balaban J connectivity index is 2.02. The smallest absolute Gasteiger partial charge is 0.0335 e. The van der Waals surface area contributed by atoms with Crippen molar-refractivity contribution in [3.63, 3.8) is 0 Å². The van der Waals surface area contributed by atoms with Gasteiger partial charge in [-0.05, 0) is 31.6 Å². The first-order valence-corrected chi connectivity index (χ1v) is 8.35. The molecule has 1 aliphatic carbocycles. The molecular formula is C14H28N2S. The SMILES string of the molecule is CCC1CCC(CN)(N2CCSC(CC)C2)C1. The first-order valence-electron chi connectivity index (χ1n) is 7.30. The fourth-order valence-electron chi connectivity index (χ4n) is 3.56. The molecule has 3 heteroatoms. The van der Waals surface area contributed by atoms with E-state index in [1.54, 1.807) is 0 Å². The first-order chi connectivity index (χ1) is 8.24. The van der Waals surface area contributed by atoms with Crippen LogP contribution >= 0.6 is 11.8 Å². The molecule has 0 bridgehead atoms. The maximum absolute atomic E-state index is 6.15. The van der Waals surface area contributed by atoms with E-state index in [-0.39, 0.29) is 0 Å². The van der Waals surface area contributed by atoms with E-state index in [9.17, 15) is 0 Å². The molecule has 2 nitrogen and oxygen atoms in total. The number of nitrogens with zero attached hydrogens (tertiary/aromatic N) is 1. The minimum Gasteiger partial charge on any atom is -0.329 e. The Bertz CT molecular complexity index is 246. The highest BCUT2D eigenvalue weighted by atomic mass is 32.2. The van der Waals surface area contributed by atoms with E-state index in [4.69, 9.17) is 5.73 Å². The fourth-order valence-corrected chi connectivity index (χ4v) is 4.74. The average Bonchev–Trinajstić information content (AvgIpc) is 2.84. The Hall–Kier alpha value is 0.270. The lowest BCUT2D eigenvalue weighted by molar-refractivity contribution is 0.0982. The zero-order valence-corrected chi connectivity index (χ0v) is 12.3. The normalized spacial score (nSPS) is 39.7. The van der Waals surface area contributed by atoms with Crippen molar-refractivity contribution >= 4 is 11.8 Å².